The first-order valence-electron chi connectivity index (χ1n) is 8.46. The van der Waals surface area contributed by atoms with Gasteiger partial charge in [-0.05, 0) is 43.6 Å². The second kappa shape index (κ2) is 8.04. The summed E-state index contributed by atoms with van der Waals surface area (Å²) in [5.74, 6) is 0.558. The maximum absolute atomic E-state index is 12.2. The first-order valence-corrected chi connectivity index (χ1v) is 9.26. The van der Waals surface area contributed by atoms with Crippen LogP contribution in [0.1, 0.15) is 18.4 Å². The van der Waals surface area contributed by atoms with E-state index in [1.165, 1.54) is 0 Å². The Morgan fingerprint density at radius 1 is 1.19 bits per heavy atom. The number of nitrogens with zero attached hydrogens (tertiary/aromatic N) is 1. The van der Waals surface area contributed by atoms with Gasteiger partial charge in [0.15, 0.2) is 11.5 Å². The van der Waals surface area contributed by atoms with Gasteiger partial charge in [0.05, 0.1) is 0 Å². The number of ether oxygens (including phenoxy) is 2. The van der Waals surface area contributed by atoms with Crippen LogP contribution < -0.4 is 14.8 Å². The van der Waals surface area contributed by atoms with Gasteiger partial charge in [-0.3, -0.25) is 9.69 Å². The van der Waals surface area contributed by atoms with E-state index in [0.717, 1.165) is 15.8 Å². The lowest BCUT2D eigenvalue weighted by Crippen LogP contribution is -2.42. The van der Waals surface area contributed by atoms with Crippen LogP contribution in [0.25, 0.3) is 0 Å². The minimum atomic E-state index is -4.37. The maximum atomic E-state index is 12.2. The molecule has 0 saturated carbocycles. The van der Waals surface area contributed by atoms with E-state index in [1.807, 2.05) is 17.4 Å². The number of piperidine rings is 1. The van der Waals surface area contributed by atoms with Crippen molar-refractivity contribution in [3.05, 3.63) is 22.2 Å². The molecule has 0 spiro atoms. The molecule has 1 aromatic rings. The van der Waals surface area contributed by atoms with E-state index in [9.17, 15) is 18.0 Å². The molecule has 1 N–H and O–H groups in total. The van der Waals surface area contributed by atoms with Gasteiger partial charge >= 0.3 is 6.18 Å². The van der Waals surface area contributed by atoms with E-state index in [1.54, 1.807) is 0 Å². The topological polar surface area (TPSA) is 50.8 Å². The molecule has 1 saturated heterocycles. The fourth-order valence-corrected chi connectivity index (χ4v) is 3.60. The van der Waals surface area contributed by atoms with E-state index < -0.39 is 18.6 Å². The average Bonchev–Trinajstić information content (AvgIpc) is 2.60. The standard InChI is InChI=1S/C17H20BrF3N2O3/c18-13-8-15-14(25-5-6-26-15)7-12(13)9-23-3-1-11(2-4-23)16(24)22-10-17(19,20)21/h7-8,11H,1-6,9-10H2,(H,22,24). The third kappa shape index (κ3) is 5.03. The van der Waals surface area contributed by atoms with Crippen molar-refractivity contribution in [3.63, 3.8) is 0 Å². The average molecular weight is 437 g/mol. The SMILES string of the molecule is O=C(NCC(F)(F)F)C1CCN(Cc2cc3c(cc2Br)OCCO3)CC1. The third-order valence-corrected chi connectivity index (χ3v) is 5.26. The predicted molar refractivity (Wildman–Crippen MR) is 92.2 cm³/mol. The zero-order chi connectivity index (χ0) is 18.7. The summed E-state index contributed by atoms with van der Waals surface area (Å²) in [5.41, 5.74) is 1.05. The molecule has 1 aromatic carbocycles. The third-order valence-electron chi connectivity index (χ3n) is 4.53. The summed E-state index contributed by atoms with van der Waals surface area (Å²) >= 11 is 3.54. The molecule has 2 aliphatic rings. The Kier molecular flexibility index (Phi) is 5.96. The second-order valence-electron chi connectivity index (χ2n) is 6.47. The molecule has 5 nitrogen and oxygen atoms in total. The number of fused-ring (bicyclic) bond motifs is 1. The predicted octanol–water partition coefficient (Wildman–Crippen LogP) is 3.11. The highest BCUT2D eigenvalue weighted by Gasteiger charge is 2.31. The van der Waals surface area contributed by atoms with Crippen LogP contribution in [0.3, 0.4) is 0 Å². The lowest BCUT2D eigenvalue weighted by atomic mass is 9.95. The zero-order valence-corrected chi connectivity index (χ0v) is 15.7. The van der Waals surface area contributed by atoms with Crippen LogP contribution in [0.2, 0.25) is 0 Å². The first kappa shape index (κ1) is 19.3. The van der Waals surface area contributed by atoms with Gasteiger partial charge in [0.1, 0.15) is 19.8 Å². The number of alkyl halides is 3. The number of halogens is 4. The molecule has 26 heavy (non-hydrogen) atoms. The normalized spacial score (nSPS) is 18.6. The molecule has 0 atom stereocenters. The number of amides is 1. The van der Waals surface area contributed by atoms with Gasteiger partial charge in [-0.2, -0.15) is 13.2 Å². The molecule has 144 valence electrons. The van der Waals surface area contributed by atoms with E-state index in [-0.39, 0.29) is 5.92 Å². The van der Waals surface area contributed by atoms with Crippen molar-refractivity contribution < 1.29 is 27.4 Å². The highest BCUT2D eigenvalue weighted by molar-refractivity contribution is 9.10. The van der Waals surface area contributed by atoms with Gasteiger partial charge < -0.3 is 14.8 Å². The largest absolute Gasteiger partial charge is 0.486 e. The first-order chi connectivity index (χ1) is 12.3. The molecular formula is C17H20BrF3N2O3. The molecule has 9 heteroatoms. The molecule has 0 unspecified atom stereocenters. The van der Waals surface area contributed by atoms with Crippen molar-refractivity contribution in [2.45, 2.75) is 25.6 Å². The van der Waals surface area contributed by atoms with Crippen molar-refractivity contribution in [3.8, 4) is 11.5 Å². The van der Waals surface area contributed by atoms with Crippen molar-refractivity contribution in [2.24, 2.45) is 5.92 Å². The summed E-state index contributed by atoms with van der Waals surface area (Å²) in [6.07, 6.45) is -3.28. The molecular weight excluding hydrogens is 417 g/mol. The number of hydrogen-bond donors (Lipinski definition) is 1. The van der Waals surface area contributed by atoms with Crippen molar-refractivity contribution in [1.29, 1.82) is 0 Å². The lowest BCUT2D eigenvalue weighted by Gasteiger charge is -2.32. The molecule has 1 fully saturated rings. The minimum absolute atomic E-state index is 0.364. The Morgan fingerprint density at radius 3 is 2.42 bits per heavy atom. The molecule has 3 rings (SSSR count). The number of rotatable bonds is 4. The van der Waals surface area contributed by atoms with Gasteiger partial charge in [0, 0.05) is 16.9 Å². The maximum Gasteiger partial charge on any atom is 0.405 e. The number of hydrogen-bond acceptors (Lipinski definition) is 4. The number of benzene rings is 1. The smallest absolute Gasteiger partial charge is 0.405 e. The highest BCUT2D eigenvalue weighted by atomic mass is 79.9. The van der Waals surface area contributed by atoms with Gasteiger partial charge in [0.2, 0.25) is 5.91 Å². The number of nitrogens with one attached hydrogen (secondary N) is 1. The van der Waals surface area contributed by atoms with Gasteiger partial charge in [0.25, 0.3) is 0 Å². The van der Waals surface area contributed by atoms with E-state index in [2.05, 4.69) is 20.8 Å². The van der Waals surface area contributed by atoms with Crippen molar-refractivity contribution in [1.82, 2.24) is 10.2 Å². The van der Waals surface area contributed by atoms with Crippen LogP contribution in [-0.4, -0.2) is 49.8 Å². The van der Waals surface area contributed by atoms with Crippen LogP contribution in [0.4, 0.5) is 13.2 Å². The van der Waals surface area contributed by atoms with Gasteiger partial charge in [-0.25, -0.2) is 0 Å². The summed E-state index contributed by atoms with van der Waals surface area (Å²) < 4.78 is 48.7. The highest BCUT2D eigenvalue weighted by Crippen LogP contribution is 2.36. The number of carbonyl (C=O) groups is 1. The molecule has 0 aliphatic carbocycles. The quantitative estimate of drug-likeness (QED) is 0.787. The Balaban J connectivity index is 1.52. The number of carbonyl (C=O) groups excluding carboxylic acids is 1. The summed E-state index contributed by atoms with van der Waals surface area (Å²) in [6, 6.07) is 3.84. The Morgan fingerprint density at radius 2 is 1.81 bits per heavy atom. The van der Waals surface area contributed by atoms with E-state index >= 15 is 0 Å². The summed E-state index contributed by atoms with van der Waals surface area (Å²) in [4.78, 5) is 14.0. The molecule has 2 aliphatic heterocycles. The monoisotopic (exact) mass is 436 g/mol. The van der Waals surface area contributed by atoms with Crippen LogP contribution in [0.5, 0.6) is 11.5 Å². The lowest BCUT2D eigenvalue weighted by molar-refractivity contribution is -0.141. The Labute approximate surface area is 157 Å². The second-order valence-corrected chi connectivity index (χ2v) is 7.33. The molecule has 0 aromatic heterocycles. The van der Waals surface area contributed by atoms with Gasteiger partial charge in [-0.15, -0.1) is 0 Å². The Bertz CT molecular complexity index is 661. The molecule has 0 radical (unpaired) electrons. The van der Waals surface area contributed by atoms with Crippen LogP contribution in [0, 0.1) is 5.92 Å². The van der Waals surface area contributed by atoms with Crippen molar-refractivity contribution >= 4 is 21.8 Å². The van der Waals surface area contributed by atoms with Crippen molar-refractivity contribution in [2.75, 3.05) is 32.8 Å². The van der Waals surface area contributed by atoms with Crippen LogP contribution in [-0.2, 0) is 11.3 Å². The fourth-order valence-electron chi connectivity index (χ4n) is 3.15. The van der Waals surface area contributed by atoms with Crippen LogP contribution in [0.15, 0.2) is 16.6 Å². The van der Waals surface area contributed by atoms with Crippen LogP contribution >= 0.6 is 15.9 Å². The summed E-state index contributed by atoms with van der Waals surface area (Å²) in [5, 5.41) is 1.98. The number of likely N-dealkylation sites (tertiary alicyclic amines) is 1. The summed E-state index contributed by atoms with van der Waals surface area (Å²) in [6.45, 7) is 1.77. The fraction of sp³-hybridized carbons (Fsp3) is 0.588. The Hall–Kier alpha value is -1.48. The summed E-state index contributed by atoms with van der Waals surface area (Å²) in [7, 11) is 0. The molecule has 2 heterocycles. The molecule has 1 amide bonds. The zero-order valence-electron chi connectivity index (χ0n) is 14.1. The molecule has 0 bridgehead atoms. The van der Waals surface area contributed by atoms with E-state index in [4.69, 9.17) is 9.47 Å². The minimum Gasteiger partial charge on any atom is -0.486 e. The van der Waals surface area contributed by atoms with Gasteiger partial charge in [-0.1, -0.05) is 15.9 Å². The van der Waals surface area contributed by atoms with E-state index in [0.29, 0.717) is 51.4 Å².